The number of anilines is 1. The minimum atomic E-state index is -0.580. The van der Waals surface area contributed by atoms with Gasteiger partial charge in [0.15, 0.2) is 0 Å². The molecule has 0 saturated heterocycles. The molecule has 0 aromatic heterocycles. The highest BCUT2D eigenvalue weighted by atomic mass is 16.5. The summed E-state index contributed by atoms with van der Waals surface area (Å²) in [5, 5.41) is 2.44. The highest BCUT2D eigenvalue weighted by Crippen LogP contribution is 2.16. The number of hydrogen-bond acceptors (Lipinski definition) is 2. The first-order valence-electron chi connectivity index (χ1n) is 3.43. The number of rotatable bonds is 2. The Hall–Kier alpha value is -1.51. The number of hydrogen-bond donors (Lipinski definition) is 1. The van der Waals surface area contributed by atoms with Crippen LogP contribution < -0.4 is 10.1 Å². The molecule has 0 unspecified atom stereocenters. The zero-order chi connectivity index (χ0) is 8.97. The molecule has 0 bridgehead atoms. The molecule has 0 aliphatic rings. The van der Waals surface area contributed by atoms with Crippen LogP contribution in [-0.2, 0) is 4.79 Å². The molecule has 3 nitrogen and oxygen atoms in total. The van der Waals surface area contributed by atoms with Crippen LogP contribution in [0.4, 0.5) is 5.69 Å². The molecule has 0 aliphatic heterocycles. The minimum absolute atomic E-state index is 0.580. The molecule has 0 heterocycles. The minimum Gasteiger partial charge on any atom is -0.497 e. The standard InChI is InChI=1S/C9H9NO2/c1-7(11)10-8-4-3-5-9(6-8)12-2/h1,3-6H,2H3,(H,10,11). The van der Waals surface area contributed by atoms with Crippen molar-refractivity contribution < 1.29 is 9.53 Å². The fourth-order valence-corrected chi connectivity index (χ4v) is 0.843. The first kappa shape index (κ1) is 8.59. The molecule has 1 N–H and O–H groups in total. The predicted octanol–water partition coefficient (Wildman–Crippen LogP) is 1.34. The van der Waals surface area contributed by atoms with Gasteiger partial charge in [0.25, 0.3) is 0 Å². The Kier molecular flexibility index (Phi) is 2.69. The summed E-state index contributed by atoms with van der Waals surface area (Å²) in [5.41, 5.74) is 0.627. The van der Waals surface area contributed by atoms with Crippen molar-refractivity contribution >= 4 is 11.6 Å². The van der Waals surface area contributed by atoms with E-state index in [4.69, 9.17) is 11.7 Å². The second kappa shape index (κ2) is 3.76. The number of carbonyl (C=O) groups is 1. The molecule has 1 aromatic carbocycles. The van der Waals surface area contributed by atoms with Gasteiger partial charge < -0.3 is 10.1 Å². The summed E-state index contributed by atoms with van der Waals surface area (Å²) >= 11 is 0. The van der Waals surface area contributed by atoms with E-state index in [-0.39, 0.29) is 0 Å². The van der Waals surface area contributed by atoms with Crippen LogP contribution >= 0.6 is 0 Å². The quantitative estimate of drug-likeness (QED) is 0.714. The second-order valence-electron chi connectivity index (χ2n) is 2.22. The Labute approximate surface area is 71.4 Å². The summed E-state index contributed by atoms with van der Waals surface area (Å²) in [6.07, 6.45) is 0. The highest BCUT2D eigenvalue weighted by molar-refractivity contribution is 5.93. The van der Waals surface area contributed by atoms with Crippen LogP contribution in [0.5, 0.6) is 5.75 Å². The van der Waals surface area contributed by atoms with Gasteiger partial charge in [0.1, 0.15) is 5.75 Å². The Bertz CT molecular complexity index is 284. The van der Waals surface area contributed by atoms with Crippen LogP contribution in [0.3, 0.4) is 0 Å². The molecule has 1 amide bonds. The average Bonchev–Trinajstić information content (AvgIpc) is 2.03. The van der Waals surface area contributed by atoms with E-state index in [1.165, 1.54) is 0 Å². The van der Waals surface area contributed by atoms with E-state index in [9.17, 15) is 4.79 Å². The van der Waals surface area contributed by atoms with E-state index in [1.54, 1.807) is 31.4 Å². The van der Waals surface area contributed by atoms with Crippen LogP contribution in [0.15, 0.2) is 24.3 Å². The summed E-state index contributed by atoms with van der Waals surface area (Å²) in [7, 11) is 1.56. The fourth-order valence-electron chi connectivity index (χ4n) is 0.843. The van der Waals surface area contributed by atoms with Crippen LogP contribution in [-0.4, -0.2) is 13.0 Å². The van der Waals surface area contributed by atoms with E-state index in [1.807, 2.05) is 0 Å². The van der Waals surface area contributed by atoms with Gasteiger partial charge in [-0.3, -0.25) is 4.79 Å². The van der Waals surface area contributed by atoms with Crippen molar-refractivity contribution in [3.8, 4) is 5.75 Å². The molecule has 12 heavy (non-hydrogen) atoms. The third kappa shape index (κ3) is 2.27. The van der Waals surface area contributed by atoms with Gasteiger partial charge in [-0.25, -0.2) is 0 Å². The number of nitrogens with one attached hydrogen (secondary N) is 1. The van der Waals surface area contributed by atoms with Crippen molar-refractivity contribution in [3.05, 3.63) is 31.2 Å². The topological polar surface area (TPSA) is 38.3 Å². The number of methoxy groups -OCH3 is 1. The molecule has 0 fully saturated rings. The summed E-state index contributed by atoms with van der Waals surface area (Å²) in [4.78, 5) is 10.4. The number of benzene rings is 1. The van der Waals surface area contributed by atoms with E-state index in [0.29, 0.717) is 11.4 Å². The van der Waals surface area contributed by atoms with Crippen LogP contribution in [0.2, 0.25) is 0 Å². The van der Waals surface area contributed by atoms with Crippen molar-refractivity contribution in [3.63, 3.8) is 0 Å². The van der Waals surface area contributed by atoms with Crippen LogP contribution in [0, 0.1) is 6.92 Å². The van der Waals surface area contributed by atoms with Gasteiger partial charge in [0, 0.05) is 11.8 Å². The highest BCUT2D eigenvalue weighted by Gasteiger charge is 1.96. The zero-order valence-electron chi connectivity index (χ0n) is 6.70. The summed E-state index contributed by atoms with van der Waals surface area (Å²) < 4.78 is 4.94. The molecule has 62 valence electrons. The van der Waals surface area contributed by atoms with Gasteiger partial charge in [0.2, 0.25) is 5.91 Å². The van der Waals surface area contributed by atoms with Gasteiger partial charge in [-0.1, -0.05) is 6.07 Å². The molecule has 0 aliphatic carbocycles. The van der Waals surface area contributed by atoms with E-state index >= 15 is 0 Å². The first-order chi connectivity index (χ1) is 5.72. The van der Waals surface area contributed by atoms with Crippen molar-refractivity contribution in [2.45, 2.75) is 0 Å². The van der Waals surface area contributed by atoms with E-state index in [2.05, 4.69) is 5.32 Å². The van der Waals surface area contributed by atoms with Crippen molar-refractivity contribution in [1.82, 2.24) is 0 Å². The molecule has 0 saturated carbocycles. The normalized spacial score (nSPS) is 9.17. The Morgan fingerprint density at radius 2 is 2.33 bits per heavy atom. The van der Waals surface area contributed by atoms with E-state index in [0.717, 1.165) is 0 Å². The first-order valence-corrected chi connectivity index (χ1v) is 3.43. The third-order valence-corrected chi connectivity index (χ3v) is 1.34. The largest absolute Gasteiger partial charge is 0.497 e. The lowest BCUT2D eigenvalue weighted by atomic mass is 10.3. The predicted molar refractivity (Wildman–Crippen MR) is 45.9 cm³/mol. The Morgan fingerprint density at radius 3 is 2.92 bits per heavy atom. The smallest absolute Gasteiger partial charge is 0.229 e. The van der Waals surface area contributed by atoms with Crippen molar-refractivity contribution in [2.24, 2.45) is 0 Å². The molecule has 1 rings (SSSR count). The SMILES string of the molecule is [CH]C(=O)Nc1cccc(OC)c1. The summed E-state index contributed by atoms with van der Waals surface area (Å²) in [6, 6.07) is 6.97. The average molecular weight is 163 g/mol. The van der Waals surface area contributed by atoms with Gasteiger partial charge in [-0.2, -0.15) is 0 Å². The summed E-state index contributed by atoms with van der Waals surface area (Å²) in [6.45, 7) is 4.93. The van der Waals surface area contributed by atoms with Crippen LogP contribution in [0.25, 0.3) is 0 Å². The van der Waals surface area contributed by atoms with Crippen molar-refractivity contribution in [1.29, 1.82) is 0 Å². The Balaban J connectivity index is 2.79. The number of carbonyl (C=O) groups excluding carboxylic acids is 1. The lowest BCUT2D eigenvalue weighted by Crippen LogP contribution is -2.05. The Morgan fingerprint density at radius 1 is 1.58 bits per heavy atom. The van der Waals surface area contributed by atoms with Gasteiger partial charge >= 0.3 is 0 Å². The van der Waals surface area contributed by atoms with Gasteiger partial charge in [-0.15, -0.1) is 0 Å². The monoisotopic (exact) mass is 163 g/mol. The maximum atomic E-state index is 10.4. The third-order valence-electron chi connectivity index (χ3n) is 1.34. The molecule has 1 aromatic rings. The lowest BCUT2D eigenvalue weighted by Gasteiger charge is -2.03. The van der Waals surface area contributed by atoms with E-state index < -0.39 is 5.91 Å². The summed E-state index contributed by atoms with van der Waals surface area (Å²) in [5.74, 6) is 0.101. The molecule has 0 spiro atoms. The molecule has 3 heteroatoms. The van der Waals surface area contributed by atoms with Crippen molar-refractivity contribution in [2.75, 3.05) is 12.4 Å². The van der Waals surface area contributed by atoms with Crippen LogP contribution in [0.1, 0.15) is 0 Å². The molecular weight excluding hydrogens is 154 g/mol. The maximum absolute atomic E-state index is 10.4. The molecule has 2 radical (unpaired) electrons. The zero-order valence-corrected chi connectivity index (χ0v) is 6.70. The second-order valence-corrected chi connectivity index (χ2v) is 2.22. The fraction of sp³-hybridized carbons (Fsp3) is 0.111. The number of amides is 1. The lowest BCUT2D eigenvalue weighted by molar-refractivity contribution is -0.112. The maximum Gasteiger partial charge on any atom is 0.229 e. The number of ether oxygens (including phenoxy) is 1. The van der Waals surface area contributed by atoms with Gasteiger partial charge in [0.05, 0.1) is 14.0 Å². The molecule has 0 atom stereocenters. The van der Waals surface area contributed by atoms with Gasteiger partial charge in [-0.05, 0) is 12.1 Å². The molecular formula is C9H9NO2.